The first kappa shape index (κ1) is 14.3. The Morgan fingerprint density at radius 3 is 2.50 bits per heavy atom. The Hall–Kier alpha value is -1.71. The number of H-pyrrole nitrogens is 1. The van der Waals surface area contributed by atoms with E-state index in [4.69, 9.17) is 5.11 Å². The fraction of sp³-hybridized carbons (Fsp3) is 0.100. The van der Waals surface area contributed by atoms with Crippen molar-refractivity contribution < 1.29 is 39.0 Å². The molecule has 2 rings (SSSR count). The Morgan fingerprint density at radius 2 is 2.00 bits per heavy atom. The predicted octanol–water partition coefficient (Wildman–Crippen LogP) is -1.51. The molecular formula is C10H8F2LiN3O2. The molecule has 0 aliphatic heterocycles. The van der Waals surface area contributed by atoms with E-state index in [0.717, 1.165) is 12.1 Å². The zero-order chi connectivity index (χ0) is 12.4. The van der Waals surface area contributed by atoms with Crippen molar-refractivity contribution in [1.29, 1.82) is 0 Å². The van der Waals surface area contributed by atoms with Crippen molar-refractivity contribution in [2.45, 2.75) is 6.42 Å². The summed E-state index contributed by atoms with van der Waals surface area (Å²) in [6.45, 7) is 0. The van der Waals surface area contributed by atoms with Crippen LogP contribution in [0.4, 0.5) is 8.78 Å². The van der Waals surface area contributed by atoms with Crippen molar-refractivity contribution in [1.82, 2.24) is 15.2 Å². The topological polar surface area (TPSA) is 78.9 Å². The van der Waals surface area contributed by atoms with Gasteiger partial charge in [0.2, 0.25) is 0 Å². The third-order valence-corrected chi connectivity index (χ3v) is 2.13. The van der Waals surface area contributed by atoms with Crippen LogP contribution in [0.1, 0.15) is 23.4 Å². The molecule has 0 aliphatic carbocycles. The molecule has 1 heterocycles. The molecule has 90 valence electrons. The van der Waals surface area contributed by atoms with Gasteiger partial charge in [0.25, 0.3) is 5.82 Å². The first-order valence-corrected chi connectivity index (χ1v) is 4.65. The molecule has 0 amide bonds. The number of nitrogens with zero attached hydrogens (tertiary/aromatic N) is 2. The number of hydrogen-bond donors (Lipinski definition) is 2. The van der Waals surface area contributed by atoms with E-state index in [-0.39, 0.29) is 38.1 Å². The molecule has 0 bridgehead atoms. The summed E-state index contributed by atoms with van der Waals surface area (Å²) in [5.41, 5.74) is -0.180. The second-order valence-corrected chi connectivity index (χ2v) is 3.29. The Kier molecular flexibility index (Phi) is 4.59. The second-order valence-electron chi connectivity index (χ2n) is 3.29. The molecule has 1 aromatic heterocycles. The number of rotatable bonds is 3. The van der Waals surface area contributed by atoms with Gasteiger partial charge in [0.05, 0.1) is 0 Å². The first-order chi connectivity index (χ1) is 8.08. The van der Waals surface area contributed by atoms with E-state index in [9.17, 15) is 13.6 Å². The van der Waals surface area contributed by atoms with Crippen LogP contribution in [0, 0.1) is 11.6 Å². The Labute approximate surface area is 114 Å². The van der Waals surface area contributed by atoms with Crippen molar-refractivity contribution >= 4 is 5.97 Å². The number of carbonyl (C=O) groups is 1. The number of benzene rings is 1. The minimum Gasteiger partial charge on any atom is -1.00 e. The van der Waals surface area contributed by atoms with Gasteiger partial charge in [-0.2, -0.15) is 0 Å². The smallest absolute Gasteiger partial charge is 1.00 e. The number of aromatic nitrogens is 3. The van der Waals surface area contributed by atoms with Crippen LogP contribution in [0.3, 0.4) is 0 Å². The van der Waals surface area contributed by atoms with E-state index in [1.54, 1.807) is 0 Å². The number of carboxylic acid groups (broad SMARTS) is 1. The molecule has 0 atom stereocenters. The summed E-state index contributed by atoms with van der Waals surface area (Å²) in [5, 5.41) is 14.3. The summed E-state index contributed by atoms with van der Waals surface area (Å²) in [7, 11) is 0. The monoisotopic (exact) mass is 247 g/mol. The van der Waals surface area contributed by atoms with Crippen LogP contribution in [0.15, 0.2) is 18.2 Å². The molecule has 0 fully saturated rings. The third-order valence-electron chi connectivity index (χ3n) is 2.13. The van der Waals surface area contributed by atoms with Crippen LogP contribution < -0.4 is 18.9 Å². The molecule has 0 aliphatic rings. The molecule has 0 unspecified atom stereocenters. The van der Waals surface area contributed by atoms with Gasteiger partial charge in [-0.1, -0.05) is 6.07 Å². The van der Waals surface area contributed by atoms with E-state index in [2.05, 4.69) is 15.2 Å². The average Bonchev–Trinajstić information content (AvgIpc) is 2.72. The van der Waals surface area contributed by atoms with Crippen molar-refractivity contribution in [3.63, 3.8) is 0 Å². The number of nitrogens with one attached hydrogen (secondary N) is 1. The van der Waals surface area contributed by atoms with Gasteiger partial charge in [-0.05, 0) is 12.1 Å². The normalized spacial score (nSPS) is 9.89. The summed E-state index contributed by atoms with van der Waals surface area (Å²) in [4.78, 5) is 14.1. The Balaban J connectivity index is 0.00000162. The summed E-state index contributed by atoms with van der Waals surface area (Å²) >= 11 is 0. The second kappa shape index (κ2) is 5.75. The molecule has 0 saturated carbocycles. The molecular weight excluding hydrogens is 239 g/mol. The van der Waals surface area contributed by atoms with E-state index in [1.807, 2.05) is 0 Å². The molecule has 0 spiro atoms. The fourth-order valence-electron chi connectivity index (χ4n) is 1.34. The zero-order valence-corrected chi connectivity index (χ0v) is 9.44. The number of halogens is 2. The quantitative estimate of drug-likeness (QED) is 0.646. The van der Waals surface area contributed by atoms with Crippen LogP contribution in [-0.2, 0) is 6.42 Å². The van der Waals surface area contributed by atoms with E-state index in [0.29, 0.717) is 0 Å². The summed E-state index contributed by atoms with van der Waals surface area (Å²) in [6.07, 6.45) is -0.182. The maximum Gasteiger partial charge on any atom is 1.00 e. The maximum atomic E-state index is 13.3. The standard InChI is InChI=1S/C10H7F2N3O2.Li.H/c11-6-2-1-3-7(12)5(6)4-8-13-9(10(16)17)15-14-8;;/h1-3H,4H2,(H,16,17)(H,13,14,15);;/q;+1;-1. The molecule has 0 saturated heterocycles. The van der Waals surface area contributed by atoms with E-state index < -0.39 is 23.4 Å². The van der Waals surface area contributed by atoms with Crippen molar-refractivity contribution in [3.05, 3.63) is 47.0 Å². The fourth-order valence-corrected chi connectivity index (χ4v) is 1.34. The van der Waals surface area contributed by atoms with Gasteiger partial charge >= 0.3 is 24.8 Å². The SMILES string of the molecule is O=C(O)c1n[nH]c(Cc2c(F)cccc2F)n1.[H-].[Li+]. The zero-order valence-electron chi connectivity index (χ0n) is 10.4. The predicted molar refractivity (Wildman–Crippen MR) is 53.6 cm³/mol. The largest absolute Gasteiger partial charge is 1.00 e. The summed E-state index contributed by atoms with van der Waals surface area (Å²) in [6, 6.07) is 3.48. The van der Waals surface area contributed by atoms with E-state index >= 15 is 0 Å². The molecule has 8 heteroatoms. The minimum atomic E-state index is -1.30. The van der Waals surface area contributed by atoms with Crippen LogP contribution in [0.5, 0.6) is 0 Å². The van der Waals surface area contributed by atoms with Gasteiger partial charge in [-0.3, -0.25) is 5.10 Å². The van der Waals surface area contributed by atoms with Crippen LogP contribution >= 0.6 is 0 Å². The molecule has 1 aromatic carbocycles. The average molecular weight is 247 g/mol. The number of aromatic carboxylic acids is 1. The minimum absolute atomic E-state index is 0. The van der Waals surface area contributed by atoms with Gasteiger partial charge < -0.3 is 6.53 Å². The van der Waals surface area contributed by atoms with Crippen molar-refractivity contribution in [3.8, 4) is 0 Å². The van der Waals surface area contributed by atoms with Crippen LogP contribution in [-0.4, -0.2) is 26.3 Å². The third kappa shape index (κ3) is 2.94. The van der Waals surface area contributed by atoms with Gasteiger partial charge in [0, 0.05) is 12.0 Å². The van der Waals surface area contributed by atoms with Gasteiger partial charge in [0.15, 0.2) is 0 Å². The van der Waals surface area contributed by atoms with Gasteiger partial charge in [-0.15, -0.1) is 5.10 Å². The summed E-state index contributed by atoms with van der Waals surface area (Å²) in [5.74, 6) is -3.07. The maximum absolute atomic E-state index is 13.3. The number of aromatic amines is 1. The molecule has 18 heavy (non-hydrogen) atoms. The van der Waals surface area contributed by atoms with Crippen LogP contribution in [0.25, 0.3) is 0 Å². The first-order valence-electron chi connectivity index (χ1n) is 4.65. The van der Waals surface area contributed by atoms with Crippen LogP contribution in [0.2, 0.25) is 0 Å². The number of carboxylic acids is 1. The van der Waals surface area contributed by atoms with Crippen molar-refractivity contribution in [2.24, 2.45) is 0 Å². The van der Waals surface area contributed by atoms with Crippen molar-refractivity contribution in [2.75, 3.05) is 0 Å². The Morgan fingerprint density at radius 1 is 1.39 bits per heavy atom. The molecule has 5 nitrogen and oxygen atoms in total. The molecule has 2 N–H and O–H groups in total. The Bertz CT molecular complexity index is 559. The molecule has 2 aromatic rings. The summed E-state index contributed by atoms with van der Waals surface area (Å²) < 4.78 is 26.6. The van der Waals surface area contributed by atoms with E-state index in [1.165, 1.54) is 6.07 Å². The van der Waals surface area contributed by atoms with Gasteiger partial charge in [0.1, 0.15) is 17.5 Å². The van der Waals surface area contributed by atoms with Gasteiger partial charge in [-0.25, -0.2) is 18.6 Å². The number of hydrogen-bond acceptors (Lipinski definition) is 3. The molecule has 0 radical (unpaired) electrons.